The van der Waals surface area contributed by atoms with Gasteiger partial charge in [-0.1, -0.05) is 23.4 Å². The fourth-order valence-corrected chi connectivity index (χ4v) is 4.23. The number of nitrogens with zero attached hydrogens (tertiary/aromatic N) is 4. The molecule has 0 spiro atoms. The predicted molar refractivity (Wildman–Crippen MR) is 107 cm³/mol. The number of amides is 1. The van der Waals surface area contributed by atoms with Crippen LogP contribution >= 0.6 is 23.4 Å². The number of piperidine rings is 1. The van der Waals surface area contributed by atoms with Gasteiger partial charge in [0.15, 0.2) is 5.16 Å². The summed E-state index contributed by atoms with van der Waals surface area (Å²) in [5.74, 6) is 0.751. The summed E-state index contributed by atoms with van der Waals surface area (Å²) in [6.07, 6.45) is 1.29. The van der Waals surface area contributed by atoms with E-state index in [2.05, 4.69) is 14.9 Å². The van der Waals surface area contributed by atoms with E-state index in [0.717, 1.165) is 18.9 Å². The van der Waals surface area contributed by atoms with E-state index >= 15 is 0 Å². The normalized spacial score (nSPS) is 18.2. The molecule has 0 N–H and O–H groups in total. The number of anilines is 1. The number of carbonyl (C=O) groups excluding carboxylic acids is 2. The van der Waals surface area contributed by atoms with Gasteiger partial charge in [0, 0.05) is 32.2 Å². The zero-order valence-electron chi connectivity index (χ0n) is 15.9. The SMILES string of the molecule is CCOC(=O)C1CCN(C(=O)CSc2nc(Cl)cc(N3CCOCC3)n2)CC1. The third kappa shape index (κ3) is 5.71. The van der Waals surface area contributed by atoms with Crippen LogP contribution in [-0.4, -0.2) is 78.5 Å². The molecule has 0 unspecified atom stereocenters. The molecule has 10 heteroatoms. The third-order valence-electron chi connectivity index (χ3n) is 4.79. The van der Waals surface area contributed by atoms with Crippen molar-refractivity contribution in [2.24, 2.45) is 5.92 Å². The van der Waals surface area contributed by atoms with Crippen LogP contribution in [0, 0.1) is 5.92 Å². The monoisotopic (exact) mass is 428 g/mol. The standard InChI is InChI=1S/C18H25ClN4O4S/c1-2-27-17(25)13-3-5-23(6-4-13)16(24)12-28-18-20-14(19)11-15(21-18)22-7-9-26-10-8-22/h11,13H,2-10,12H2,1H3. The lowest BCUT2D eigenvalue weighted by Crippen LogP contribution is -2.41. The van der Waals surface area contributed by atoms with Crippen molar-refractivity contribution in [2.75, 3.05) is 56.7 Å². The molecule has 3 rings (SSSR count). The Morgan fingerprint density at radius 3 is 2.64 bits per heavy atom. The molecule has 3 heterocycles. The van der Waals surface area contributed by atoms with Crippen LogP contribution in [0.15, 0.2) is 11.2 Å². The summed E-state index contributed by atoms with van der Waals surface area (Å²) in [5, 5.41) is 0.852. The fourth-order valence-electron chi connectivity index (χ4n) is 3.25. The fraction of sp³-hybridized carbons (Fsp3) is 0.667. The molecular formula is C18H25ClN4O4S. The number of halogens is 1. The van der Waals surface area contributed by atoms with Gasteiger partial charge in [0.1, 0.15) is 11.0 Å². The summed E-state index contributed by atoms with van der Waals surface area (Å²) in [6.45, 7) is 6.15. The lowest BCUT2D eigenvalue weighted by molar-refractivity contribution is -0.151. The summed E-state index contributed by atoms with van der Waals surface area (Å²) in [7, 11) is 0. The van der Waals surface area contributed by atoms with Crippen molar-refractivity contribution in [3.63, 3.8) is 0 Å². The van der Waals surface area contributed by atoms with E-state index in [1.54, 1.807) is 17.9 Å². The van der Waals surface area contributed by atoms with Crippen molar-refractivity contribution in [1.82, 2.24) is 14.9 Å². The number of hydrogen-bond donors (Lipinski definition) is 0. The largest absolute Gasteiger partial charge is 0.466 e. The van der Waals surface area contributed by atoms with Crippen LogP contribution in [0.3, 0.4) is 0 Å². The second-order valence-corrected chi connectivity index (χ2v) is 7.96. The maximum Gasteiger partial charge on any atom is 0.309 e. The predicted octanol–water partition coefficient (Wildman–Crippen LogP) is 1.86. The van der Waals surface area contributed by atoms with Crippen LogP contribution in [-0.2, 0) is 19.1 Å². The number of esters is 1. The van der Waals surface area contributed by atoms with Gasteiger partial charge in [-0.15, -0.1) is 0 Å². The van der Waals surface area contributed by atoms with E-state index in [1.165, 1.54) is 11.8 Å². The summed E-state index contributed by atoms with van der Waals surface area (Å²) in [6, 6.07) is 1.74. The van der Waals surface area contributed by atoms with E-state index in [1.807, 2.05) is 0 Å². The summed E-state index contributed by atoms with van der Waals surface area (Å²) >= 11 is 7.43. The molecule has 1 aromatic heterocycles. The van der Waals surface area contributed by atoms with Crippen LogP contribution in [0.25, 0.3) is 0 Å². The number of hydrogen-bond acceptors (Lipinski definition) is 8. The molecule has 0 atom stereocenters. The quantitative estimate of drug-likeness (QED) is 0.294. The molecule has 0 saturated carbocycles. The molecular weight excluding hydrogens is 404 g/mol. The summed E-state index contributed by atoms with van der Waals surface area (Å²) in [4.78, 5) is 37.0. The average molecular weight is 429 g/mol. The molecule has 2 aliphatic heterocycles. The Kier molecular flexibility index (Phi) is 7.75. The number of ether oxygens (including phenoxy) is 2. The van der Waals surface area contributed by atoms with Crippen LogP contribution in [0.4, 0.5) is 5.82 Å². The van der Waals surface area contributed by atoms with Gasteiger partial charge in [-0.3, -0.25) is 9.59 Å². The lowest BCUT2D eigenvalue weighted by Gasteiger charge is -2.30. The van der Waals surface area contributed by atoms with Gasteiger partial charge in [-0.2, -0.15) is 0 Å². The number of aromatic nitrogens is 2. The van der Waals surface area contributed by atoms with Gasteiger partial charge in [0.05, 0.1) is 31.5 Å². The van der Waals surface area contributed by atoms with E-state index in [4.69, 9.17) is 21.1 Å². The molecule has 2 aliphatic rings. The van der Waals surface area contributed by atoms with Crippen molar-refractivity contribution in [2.45, 2.75) is 24.9 Å². The van der Waals surface area contributed by atoms with Gasteiger partial charge in [-0.05, 0) is 19.8 Å². The number of carbonyl (C=O) groups is 2. The molecule has 2 saturated heterocycles. The number of likely N-dealkylation sites (tertiary alicyclic amines) is 1. The van der Waals surface area contributed by atoms with E-state index in [9.17, 15) is 9.59 Å². The van der Waals surface area contributed by atoms with Crippen molar-refractivity contribution in [3.05, 3.63) is 11.2 Å². The highest BCUT2D eigenvalue weighted by molar-refractivity contribution is 7.99. The zero-order valence-corrected chi connectivity index (χ0v) is 17.5. The molecule has 154 valence electrons. The van der Waals surface area contributed by atoms with Crippen molar-refractivity contribution in [1.29, 1.82) is 0 Å². The molecule has 1 amide bonds. The van der Waals surface area contributed by atoms with Crippen LogP contribution < -0.4 is 4.90 Å². The van der Waals surface area contributed by atoms with Crippen molar-refractivity contribution >= 4 is 41.1 Å². The molecule has 28 heavy (non-hydrogen) atoms. The first-order chi connectivity index (χ1) is 13.6. The highest BCUT2D eigenvalue weighted by atomic mass is 35.5. The van der Waals surface area contributed by atoms with Crippen molar-refractivity contribution in [3.8, 4) is 0 Å². The molecule has 0 aliphatic carbocycles. The second-order valence-electron chi connectivity index (χ2n) is 6.63. The first kappa shape index (κ1) is 21.1. The highest BCUT2D eigenvalue weighted by Gasteiger charge is 2.28. The number of morpholine rings is 1. The van der Waals surface area contributed by atoms with Gasteiger partial charge in [0.25, 0.3) is 0 Å². The second kappa shape index (κ2) is 10.3. The Hall–Kier alpha value is -1.58. The Balaban J connectivity index is 1.51. The molecule has 2 fully saturated rings. The summed E-state index contributed by atoms with van der Waals surface area (Å²) in [5.41, 5.74) is 0. The van der Waals surface area contributed by atoms with E-state index < -0.39 is 0 Å². The van der Waals surface area contributed by atoms with Crippen LogP contribution in [0.2, 0.25) is 5.15 Å². The van der Waals surface area contributed by atoms with Crippen LogP contribution in [0.5, 0.6) is 0 Å². The minimum absolute atomic E-state index is 0.0174. The Morgan fingerprint density at radius 1 is 1.25 bits per heavy atom. The maximum absolute atomic E-state index is 12.5. The van der Waals surface area contributed by atoms with E-state index in [-0.39, 0.29) is 23.5 Å². The van der Waals surface area contributed by atoms with Gasteiger partial charge >= 0.3 is 5.97 Å². The van der Waals surface area contributed by atoms with E-state index in [0.29, 0.717) is 56.1 Å². The summed E-state index contributed by atoms with van der Waals surface area (Å²) < 4.78 is 10.4. The first-order valence-electron chi connectivity index (χ1n) is 9.51. The number of rotatable bonds is 6. The third-order valence-corrected chi connectivity index (χ3v) is 5.81. The van der Waals surface area contributed by atoms with Gasteiger partial charge in [-0.25, -0.2) is 9.97 Å². The maximum atomic E-state index is 12.5. The topological polar surface area (TPSA) is 84.9 Å². The smallest absolute Gasteiger partial charge is 0.309 e. The average Bonchev–Trinajstić information content (AvgIpc) is 2.72. The number of thioether (sulfide) groups is 1. The molecule has 1 aromatic rings. The minimum Gasteiger partial charge on any atom is -0.466 e. The first-order valence-corrected chi connectivity index (χ1v) is 10.9. The Bertz CT molecular complexity index is 694. The highest BCUT2D eigenvalue weighted by Crippen LogP contribution is 2.24. The Morgan fingerprint density at radius 2 is 1.96 bits per heavy atom. The molecule has 0 radical (unpaired) electrons. The lowest BCUT2D eigenvalue weighted by atomic mass is 9.97. The Labute approximate surface area is 173 Å². The molecule has 8 nitrogen and oxygen atoms in total. The molecule has 0 bridgehead atoms. The van der Waals surface area contributed by atoms with Crippen molar-refractivity contribution < 1.29 is 19.1 Å². The minimum atomic E-state index is -0.160. The molecule has 0 aromatic carbocycles. The van der Waals surface area contributed by atoms with Gasteiger partial charge < -0.3 is 19.3 Å². The van der Waals surface area contributed by atoms with Crippen LogP contribution in [0.1, 0.15) is 19.8 Å². The zero-order chi connectivity index (χ0) is 19.9. The van der Waals surface area contributed by atoms with Gasteiger partial charge in [0.2, 0.25) is 5.91 Å².